The van der Waals surface area contributed by atoms with Crippen molar-refractivity contribution in [2.45, 2.75) is 38.1 Å². The van der Waals surface area contributed by atoms with E-state index in [4.69, 9.17) is 0 Å². The number of nitrogens with zero attached hydrogens (tertiary/aromatic N) is 3. The molecule has 1 aromatic heterocycles. The topological polar surface area (TPSA) is 59.3 Å². The van der Waals surface area contributed by atoms with E-state index in [0.29, 0.717) is 6.04 Å². The molecule has 5 nitrogen and oxygen atoms in total. The molecule has 5 heteroatoms. The third-order valence-electron chi connectivity index (χ3n) is 3.45. The number of anilines is 1. The second kappa shape index (κ2) is 5.12. The van der Waals surface area contributed by atoms with Crippen molar-refractivity contribution in [2.24, 2.45) is 0 Å². The number of rotatable bonds is 3. The van der Waals surface area contributed by atoms with Gasteiger partial charge in [-0.1, -0.05) is 19.3 Å². The van der Waals surface area contributed by atoms with Crippen molar-refractivity contribution in [2.75, 3.05) is 11.9 Å². The SMILES string of the molecule is CN(c1ccc([N+](=O)[O-])nc1)C1CCCCC1. The smallest absolute Gasteiger partial charge is 0.363 e. The van der Waals surface area contributed by atoms with Gasteiger partial charge in [-0.2, -0.15) is 0 Å². The number of aromatic nitrogens is 1. The van der Waals surface area contributed by atoms with Crippen molar-refractivity contribution in [3.05, 3.63) is 28.4 Å². The highest BCUT2D eigenvalue weighted by atomic mass is 16.6. The van der Waals surface area contributed by atoms with Crippen LogP contribution in [-0.2, 0) is 0 Å². The molecule has 1 fully saturated rings. The van der Waals surface area contributed by atoms with Gasteiger partial charge in [0.1, 0.15) is 0 Å². The Bertz CT molecular complexity index is 385. The Kier molecular flexibility index (Phi) is 3.56. The van der Waals surface area contributed by atoms with Gasteiger partial charge in [0.15, 0.2) is 6.20 Å². The van der Waals surface area contributed by atoms with Gasteiger partial charge in [0, 0.05) is 19.2 Å². The molecule has 0 spiro atoms. The first-order valence-electron chi connectivity index (χ1n) is 6.02. The molecule has 0 saturated heterocycles. The molecule has 1 heterocycles. The summed E-state index contributed by atoms with van der Waals surface area (Å²) in [7, 11) is 2.04. The molecule has 1 saturated carbocycles. The zero-order valence-electron chi connectivity index (χ0n) is 10.0. The van der Waals surface area contributed by atoms with Gasteiger partial charge in [0.05, 0.1) is 5.69 Å². The van der Waals surface area contributed by atoms with Crippen LogP contribution in [0.2, 0.25) is 0 Å². The van der Waals surface area contributed by atoms with Crippen molar-refractivity contribution in [1.82, 2.24) is 4.98 Å². The average Bonchev–Trinajstić information content (AvgIpc) is 2.39. The monoisotopic (exact) mass is 235 g/mol. The van der Waals surface area contributed by atoms with Crippen molar-refractivity contribution in [3.63, 3.8) is 0 Å². The predicted molar refractivity (Wildman–Crippen MR) is 66.2 cm³/mol. The molecule has 0 aliphatic heterocycles. The maximum Gasteiger partial charge on any atom is 0.363 e. The average molecular weight is 235 g/mol. The maximum absolute atomic E-state index is 10.5. The van der Waals surface area contributed by atoms with Gasteiger partial charge >= 0.3 is 5.82 Å². The summed E-state index contributed by atoms with van der Waals surface area (Å²) in [6.07, 6.45) is 7.86. The summed E-state index contributed by atoms with van der Waals surface area (Å²) in [5.74, 6) is -0.0919. The van der Waals surface area contributed by atoms with Crippen LogP contribution in [0.5, 0.6) is 0 Å². The fraction of sp³-hybridized carbons (Fsp3) is 0.583. The Hall–Kier alpha value is -1.65. The van der Waals surface area contributed by atoms with E-state index >= 15 is 0 Å². The Labute approximate surface area is 101 Å². The fourth-order valence-electron chi connectivity index (χ4n) is 2.37. The Morgan fingerprint density at radius 2 is 2.06 bits per heavy atom. The molecular formula is C12H17N3O2. The summed E-state index contributed by atoms with van der Waals surface area (Å²) in [5.41, 5.74) is 0.961. The van der Waals surface area contributed by atoms with Crippen LogP contribution in [0.1, 0.15) is 32.1 Å². The Morgan fingerprint density at radius 1 is 1.35 bits per heavy atom. The summed E-state index contributed by atoms with van der Waals surface area (Å²) in [5, 5.41) is 10.5. The second-order valence-corrected chi connectivity index (χ2v) is 4.53. The predicted octanol–water partition coefficient (Wildman–Crippen LogP) is 2.76. The largest absolute Gasteiger partial charge is 0.369 e. The van der Waals surface area contributed by atoms with Gasteiger partial charge in [-0.15, -0.1) is 0 Å². The quantitative estimate of drug-likeness (QED) is 0.597. The lowest BCUT2D eigenvalue weighted by Gasteiger charge is -2.32. The molecule has 0 unspecified atom stereocenters. The molecule has 1 aliphatic carbocycles. The summed E-state index contributed by atoms with van der Waals surface area (Å²) in [6.45, 7) is 0. The lowest BCUT2D eigenvalue weighted by Crippen LogP contribution is -2.33. The summed E-state index contributed by atoms with van der Waals surface area (Å²) < 4.78 is 0. The zero-order chi connectivity index (χ0) is 12.3. The Morgan fingerprint density at radius 3 is 2.59 bits per heavy atom. The molecule has 1 aliphatic rings. The van der Waals surface area contributed by atoms with Gasteiger partial charge < -0.3 is 15.0 Å². The van der Waals surface area contributed by atoms with E-state index in [-0.39, 0.29) is 5.82 Å². The number of hydrogen-bond acceptors (Lipinski definition) is 4. The van der Waals surface area contributed by atoms with E-state index in [0.717, 1.165) is 5.69 Å². The van der Waals surface area contributed by atoms with Crippen molar-refractivity contribution in [3.8, 4) is 0 Å². The minimum Gasteiger partial charge on any atom is -0.369 e. The minimum atomic E-state index is -0.468. The third-order valence-corrected chi connectivity index (χ3v) is 3.45. The van der Waals surface area contributed by atoms with Crippen LogP contribution in [0.15, 0.2) is 18.3 Å². The number of hydrogen-bond donors (Lipinski definition) is 0. The molecular weight excluding hydrogens is 218 g/mol. The first-order valence-corrected chi connectivity index (χ1v) is 6.02. The standard InChI is InChI=1S/C12H17N3O2/c1-14(10-5-3-2-4-6-10)11-7-8-12(13-9-11)15(16)17/h7-10H,2-6H2,1H3. The highest BCUT2D eigenvalue weighted by Crippen LogP contribution is 2.26. The molecule has 0 radical (unpaired) electrons. The van der Waals surface area contributed by atoms with Gasteiger partial charge in [-0.3, -0.25) is 0 Å². The van der Waals surface area contributed by atoms with E-state index in [1.165, 1.54) is 38.2 Å². The van der Waals surface area contributed by atoms with Crippen LogP contribution in [0.3, 0.4) is 0 Å². The summed E-state index contributed by atoms with van der Waals surface area (Å²) >= 11 is 0. The maximum atomic E-state index is 10.5. The third kappa shape index (κ3) is 2.72. The van der Waals surface area contributed by atoms with E-state index in [1.54, 1.807) is 12.3 Å². The van der Waals surface area contributed by atoms with E-state index in [2.05, 4.69) is 9.88 Å². The molecule has 0 bridgehead atoms. The zero-order valence-corrected chi connectivity index (χ0v) is 10.0. The van der Waals surface area contributed by atoms with Crippen molar-refractivity contribution >= 4 is 11.5 Å². The Balaban J connectivity index is 2.07. The molecule has 1 aromatic rings. The lowest BCUT2D eigenvalue weighted by molar-refractivity contribution is -0.389. The summed E-state index contributed by atoms with van der Waals surface area (Å²) in [4.78, 5) is 16.1. The van der Waals surface area contributed by atoms with Gasteiger partial charge in [-0.05, 0) is 28.8 Å². The van der Waals surface area contributed by atoms with Crippen LogP contribution in [0.4, 0.5) is 11.5 Å². The highest BCUT2D eigenvalue weighted by molar-refractivity contribution is 5.46. The normalized spacial score (nSPS) is 16.8. The lowest BCUT2D eigenvalue weighted by atomic mass is 9.94. The molecule has 2 rings (SSSR count). The van der Waals surface area contributed by atoms with Crippen LogP contribution < -0.4 is 4.90 Å². The van der Waals surface area contributed by atoms with Crippen LogP contribution in [0.25, 0.3) is 0 Å². The highest BCUT2D eigenvalue weighted by Gasteiger charge is 2.19. The first kappa shape index (κ1) is 11.8. The van der Waals surface area contributed by atoms with Gasteiger partial charge in [0.25, 0.3) is 0 Å². The van der Waals surface area contributed by atoms with Crippen LogP contribution in [0, 0.1) is 10.1 Å². The fourth-order valence-corrected chi connectivity index (χ4v) is 2.37. The molecule has 0 atom stereocenters. The van der Waals surface area contributed by atoms with Crippen LogP contribution in [-0.4, -0.2) is 23.0 Å². The number of nitro groups is 1. The molecule has 0 aromatic carbocycles. The van der Waals surface area contributed by atoms with E-state index < -0.39 is 4.92 Å². The van der Waals surface area contributed by atoms with E-state index in [9.17, 15) is 10.1 Å². The number of pyridine rings is 1. The van der Waals surface area contributed by atoms with E-state index in [1.807, 2.05) is 7.05 Å². The van der Waals surface area contributed by atoms with Crippen LogP contribution >= 0.6 is 0 Å². The van der Waals surface area contributed by atoms with Gasteiger partial charge in [0.2, 0.25) is 0 Å². The molecule has 17 heavy (non-hydrogen) atoms. The van der Waals surface area contributed by atoms with Crippen molar-refractivity contribution < 1.29 is 4.92 Å². The first-order chi connectivity index (χ1) is 8.18. The van der Waals surface area contributed by atoms with Crippen molar-refractivity contribution in [1.29, 1.82) is 0 Å². The molecule has 92 valence electrons. The van der Waals surface area contributed by atoms with Gasteiger partial charge in [-0.25, -0.2) is 0 Å². The molecule has 0 amide bonds. The molecule has 0 N–H and O–H groups in total. The minimum absolute atomic E-state index is 0.0919. The summed E-state index contributed by atoms with van der Waals surface area (Å²) in [6, 6.07) is 3.79. The second-order valence-electron chi connectivity index (χ2n) is 4.53.